The van der Waals surface area contributed by atoms with Gasteiger partial charge in [0.1, 0.15) is 0 Å². The molecule has 90 valence electrons. The number of hydrogen-bond acceptors (Lipinski definition) is 2. The van der Waals surface area contributed by atoms with E-state index in [2.05, 4.69) is 33.0 Å². The topological polar surface area (TPSA) is 49.3 Å². The molecule has 0 aromatic heterocycles. The minimum atomic E-state index is -0.709. The van der Waals surface area contributed by atoms with Gasteiger partial charge >= 0.3 is 5.97 Å². The number of hydrogen-bond donors (Lipinski definition) is 2. The van der Waals surface area contributed by atoms with E-state index in [0.29, 0.717) is 11.5 Å². The summed E-state index contributed by atoms with van der Waals surface area (Å²) in [5.41, 5.74) is 0.386. The molecular weight excluding hydrogens is 190 g/mol. The van der Waals surface area contributed by atoms with Gasteiger partial charge in [-0.25, -0.2) is 0 Å². The SMILES string of the molecule is CC(CCC(C)(C)C)NCCCC(=O)O. The molecule has 0 fully saturated rings. The van der Waals surface area contributed by atoms with E-state index in [4.69, 9.17) is 5.11 Å². The Morgan fingerprint density at radius 3 is 2.47 bits per heavy atom. The van der Waals surface area contributed by atoms with E-state index < -0.39 is 5.97 Å². The maximum Gasteiger partial charge on any atom is 0.303 e. The van der Waals surface area contributed by atoms with E-state index in [1.807, 2.05) is 0 Å². The number of aliphatic carboxylic acids is 1. The smallest absolute Gasteiger partial charge is 0.303 e. The van der Waals surface area contributed by atoms with Gasteiger partial charge in [-0.05, 0) is 38.1 Å². The molecule has 2 N–H and O–H groups in total. The molecule has 0 amide bonds. The summed E-state index contributed by atoms with van der Waals surface area (Å²) in [4.78, 5) is 10.3. The lowest BCUT2D eigenvalue weighted by Gasteiger charge is -2.21. The van der Waals surface area contributed by atoms with Crippen LogP contribution in [0.4, 0.5) is 0 Å². The Kier molecular flexibility index (Phi) is 6.57. The fraction of sp³-hybridized carbons (Fsp3) is 0.917. The molecule has 0 aliphatic heterocycles. The first-order valence-electron chi connectivity index (χ1n) is 5.76. The first kappa shape index (κ1) is 14.4. The highest BCUT2D eigenvalue weighted by atomic mass is 16.4. The molecule has 0 aromatic rings. The predicted molar refractivity (Wildman–Crippen MR) is 63.0 cm³/mol. The molecule has 0 heterocycles. The van der Waals surface area contributed by atoms with Crippen molar-refractivity contribution in [2.75, 3.05) is 6.54 Å². The van der Waals surface area contributed by atoms with E-state index in [0.717, 1.165) is 19.4 Å². The second kappa shape index (κ2) is 6.83. The molecule has 15 heavy (non-hydrogen) atoms. The lowest BCUT2D eigenvalue weighted by atomic mass is 9.89. The standard InChI is InChI=1S/C12H25NO2/c1-10(7-8-12(2,3)4)13-9-5-6-11(14)15/h10,13H,5-9H2,1-4H3,(H,14,15). The van der Waals surface area contributed by atoms with E-state index in [1.165, 1.54) is 6.42 Å². The minimum Gasteiger partial charge on any atom is -0.481 e. The van der Waals surface area contributed by atoms with Crippen LogP contribution in [0.5, 0.6) is 0 Å². The van der Waals surface area contributed by atoms with E-state index in [1.54, 1.807) is 0 Å². The van der Waals surface area contributed by atoms with Crippen LogP contribution in [-0.2, 0) is 4.79 Å². The van der Waals surface area contributed by atoms with Crippen molar-refractivity contribution < 1.29 is 9.90 Å². The Balaban J connectivity index is 3.41. The van der Waals surface area contributed by atoms with Gasteiger partial charge in [-0.15, -0.1) is 0 Å². The van der Waals surface area contributed by atoms with Crippen molar-refractivity contribution in [3.8, 4) is 0 Å². The maximum absolute atomic E-state index is 10.3. The van der Waals surface area contributed by atoms with E-state index in [9.17, 15) is 4.79 Å². The third-order valence-electron chi connectivity index (χ3n) is 2.39. The van der Waals surface area contributed by atoms with Crippen molar-refractivity contribution >= 4 is 5.97 Å². The summed E-state index contributed by atoms with van der Waals surface area (Å²) in [6.45, 7) is 9.68. The van der Waals surface area contributed by atoms with Crippen LogP contribution in [0, 0.1) is 5.41 Å². The van der Waals surface area contributed by atoms with Gasteiger partial charge in [0, 0.05) is 12.5 Å². The Labute approximate surface area is 93.3 Å². The summed E-state index contributed by atoms with van der Waals surface area (Å²) >= 11 is 0. The maximum atomic E-state index is 10.3. The molecule has 0 aliphatic carbocycles. The van der Waals surface area contributed by atoms with Gasteiger partial charge in [0.25, 0.3) is 0 Å². The van der Waals surface area contributed by atoms with Crippen molar-refractivity contribution in [1.82, 2.24) is 5.32 Å². The quantitative estimate of drug-likeness (QED) is 0.642. The lowest BCUT2D eigenvalue weighted by molar-refractivity contribution is -0.137. The first-order chi connectivity index (χ1) is 6.81. The zero-order chi connectivity index (χ0) is 11.9. The summed E-state index contributed by atoms with van der Waals surface area (Å²) in [7, 11) is 0. The average Bonchev–Trinajstić information content (AvgIpc) is 2.07. The summed E-state index contributed by atoms with van der Waals surface area (Å²) in [5.74, 6) is -0.709. The summed E-state index contributed by atoms with van der Waals surface area (Å²) in [5, 5.41) is 11.8. The van der Waals surface area contributed by atoms with Gasteiger partial charge in [-0.1, -0.05) is 20.8 Å². The van der Waals surface area contributed by atoms with Crippen LogP contribution in [0.15, 0.2) is 0 Å². The summed E-state index contributed by atoms with van der Waals surface area (Å²) < 4.78 is 0. The first-order valence-corrected chi connectivity index (χ1v) is 5.76. The number of carboxylic acid groups (broad SMARTS) is 1. The molecule has 0 saturated carbocycles. The van der Waals surface area contributed by atoms with Crippen LogP contribution in [0.3, 0.4) is 0 Å². The monoisotopic (exact) mass is 215 g/mol. The highest BCUT2D eigenvalue weighted by molar-refractivity contribution is 5.66. The van der Waals surface area contributed by atoms with Crippen molar-refractivity contribution in [2.45, 2.75) is 59.4 Å². The molecular formula is C12H25NO2. The normalized spacial score (nSPS) is 13.9. The van der Waals surface area contributed by atoms with Gasteiger partial charge in [0.2, 0.25) is 0 Å². The molecule has 0 rings (SSSR count). The predicted octanol–water partition coefficient (Wildman–Crippen LogP) is 2.66. The molecule has 1 unspecified atom stereocenters. The van der Waals surface area contributed by atoms with Crippen molar-refractivity contribution in [3.63, 3.8) is 0 Å². The van der Waals surface area contributed by atoms with Gasteiger partial charge < -0.3 is 10.4 Å². The van der Waals surface area contributed by atoms with Crippen LogP contribution in [0.2, 0.25) is 0 Å². The molecule has 0 bridgehead atoms. The van der Waals surface area contributed by atoms with Gasteiger partial charge in [0.05, 0.1) is 0 Å². The Morgan fingerprint density at radius 2 is 2.00 bits per heavy atom. The Hall–Kier alpha value is -0.570. The Morgan fingerprint density at radius 1 is 1.40 bits per heavy atom. The van der Waals surface area contributed by atoms with Crippen molar-refractivity contribution in [1.29, 1.82) is 0 Å². The van der Waals surface area contributed by atoms with Crippen LogP contribution >= 0.6 is 0 Å². The fourth-order valence-corrected chi connectivity index (χ4v) is 1.34. The largest absolute Gasteiger partial charge is 0.481 e. The highest BCUT2D eigenvalue weighted by Crippen LogP contribution is 2.21. The third-order valence-corrected chi connectivity index (χ3v) is 2.39. The molecule has 0 radical (unpaired) electrons. The van der Waals surface area contributed by atoms with Gasteiger partial charge in [0.15, 0.2) is 0 Å². The Bertz CT molecular complexity index is 185. The van der Waals surface area contributed by atoms with Crippen molar-refractivity contribution in [2.24, 2.45) is 5.41 Å². The molecule has 0 aromatic carbocycles. The summed E-state index contributed by atoms with van der Waals surface area (Å²) in [6, 6.07) is 0.484. The zero-order valence-electron chi connectivity index (χ0n) is 10.5. The van der Waals surface area contributed by atoms with Gasteiger partial charge in [-0.3, -0.25) is 4.79 Å². The van der Waals surface area contributed by atoms with Crippen molar-refractivity contribution in [3.05, 3.63) is 0 Å². The summed E-state index contributed by atoms with van der Waals surface area (Å²) in [6.07, 6.45) is 3.32. The second-order valence-corrected chi connectivity index (χ2v) is 5.45. The number of nitrogens with one attached hydrogen (secondary N) is 1. The number of carbonyl (C=O) groups is 1. The number of carboxylic acids is 1. The fourth-order valence-electron chi connectivity index (χ4n) is 1.34. The molecule has 0 spiro atoms. The second-order valence-electron chi connectivity index (χ2n) is 5.45. The van der Waals surface area contributed by atoms with E-state index in [-0.39, 0.29) is 6.42 Å². The third kappa shape index (κ3) is 11.4. The number of rotatable bonds is 7. The van der Waals surface area contributed by atoms with E-state index >= 15 is 0 Å². The molecule has 3 nitrogen and oxygen atoms in total. The highest BCUT2D eigenvalue weighted by Gasteiger charge is 2.11. The van der Waals surface area contributed by atoms with Gasteiger partial charge in [-0.2, -0.15) is 0 Å². The molecule has 0 aliphatic rings. The van der Waals surface area contributed by atoms with Crippen LogP contribution in [-0.4, -0.2) is 23.7 Å². The van der Waals surface area contributed by atoms with Crippen LogP contribution in [0.1, 0.15) is 53.4 Å². The van der Waals surface area contributed by atoms with Crippen LogP contribution < -0.4 is 5.32 Å². The molecule has 3 heteroatoms. The minimum absolute atomic E-state index is 0.263. The molecule has 0 saturated heterocycles. The molecule has 1 atom stereocenters. The zero-order valence-corrected chi connectivity index (χ0v) is 10.5. The average molecular weight is 215 g/mol. The van der Waals surface area contributed by atoms with Crippen LogP contribution in [0.25, 0.3) is 0 Å². The lowest BCUT2D eigenvalue weighted by Crippen LogP contribution is -2.28.